The maximum absolute atomic E-state index is 12.6. The highest BCUT2D eigenvalue weighted by Gasteiger charge is 2.30. The Morgan fingerprint density at radius 1 is 1.17 bits per heavy atom. The maximum atomic E-state index is 12.6. The third-order valence-corrected chi connectivity index (χ3v) is 8.43. The Bertz CT molecular complexity index is 1370. The van der Waals surface area contributed by atoms with Crippen molar-refractivity contribution in [2.75, 3.05) is 26.4 Å². The molecule has 3 N–H and O–H groups in total. The number of halogens is 1. The Morgan fingerprint density at radius 3 is 2.63 bits per heavy atom. The van der Waals surface area contributed by atoms with Crippen LogP contribution in [0.1, 0.15) is 48.6 Å². The van der Waals surface area contributed by atoms with E-state index in [1.165, 1.54) is 0 Å². The minimum absolute atomic E-state index is 0.0448. The Labute approximate surface area is 246 Å². The Balaban J connectivity index is 1.60. The molecule has 0 spiro atoms. The van der Waals surface area contributed by atoms with E-state index in [0.717, 1.165) is 29.3 Å². The molecule has 4 rings (SSSR count). The largest absolute Gasteiger partial charge is 0.491 e. The number of fused-ring (bicyclic) bond motifs is 3. The van der Waals surface area contributed by atoms with Crippen LogP contribution in [-0.4, -0.2) is 77.1 Å². The molecule has 2 atom stereocenters. The lowest BCUT2D eigenvalue weighted by Gasteiger charge is -2.17. The number of aromatic nitrogens is 3. The summed E-state index contributed by atoms with van der Waals surface area (Å²) in [5.74, 6) is 1.67. The number of aryl methyl sites for hydroxylation is 1. The van der Waals surface area contributed by atoms with Crippen molar-refractivity contribution >= 4 is 31.5 Å². The summed E-state index contributed by atoms with van der Waals surface area (Å²) in [6, 6.07) is 13.2. The molecule has 2 heterocycles. The molecule has 3 aromatic rings. The van der Waals surface area contributed by atoms with E-state index < -0.39 is 20.5 Å². The van der Waals surface area contributed by atoms with Crippen LogP contribution in [-0.2, 0) is 9.53 Å². The molecule has 2 aromatic carbocycles. The van der Waals surface area contributed by atoms with Crippen molar-refractivity contribution in [2.45, 2.75) is 58.0 Å². The number of nitrogens with zero attached hydrogens (tertiary/aromatic N) is 4. The number of carbonyl (C=O) groups is 1. The molecular formula is C29H38ClN5O5Si. The number of benzene rings is 2. The van der Waals surface area contributed by atoms with E-state index in [-0.39, 0.29) is 25.5 Å². The predicted molar refractivity (Wildman–Crippen MR) is 161 cm³/mol. The summed E-state index contributed by atoms with van der Waals surface area (Å²) in [4.78, 5) is 27.6. The van der Waals surface area contributed by atoms with Crippen molar-refractivity contribution in [3.05, 3.63) is 70.3 Å². The molecule has 1 amide bonds. The lowest BCUT2D eigenvalue weighted by Crippen LogP contribution is -2.26. The van der Waals surface area contributed by atoms with Gasteiger partial charge in [-0.15, -0.1) is 10.2 Å². The number of rotatable bonds is 13. The number of aliphatic imine (C=N–C) groups is 1. The van der Waals surface area contributed by atoms with Gasteiger partial charge in [-0.1, -0.05) is 23.7 Å². The van der Waals surface area contributed by atoms with Crippen LogP contribution in [0.4, 0.5) is 0 Å². The quantitative estimate of drug-likeness (QED) is 0.200. The fourth-order valence-electron chi connectivity index (χ4n) is 4.65. The zero-order valence-corrected chi connectivity index (χ0v) is 25.7. The van der Waals surface area contributed by atoms with Gasteiger partial charge in [0.1, 0.15) is 30.3 Å². The first-order valence-electron chi connectivity index (χ1n) is 13.8. The van der Waals surface area contributed by atoms with Gasteiger partial charge in [-0.2, -0.15) is 0 Å². The average molecular weight is 600 g/mol. The molecule has 0 saturated heterocycles. The zero-order valence-electron chi connectivity index (χ0n) is 23.9. The zero-order chi connectivity index (χ0) is 29.6. The molecule has 1 aromatic heterocycles. The number of amides is 1. The van der Waals surface area contributed by atoms with E-state index in [1.807, 2.05) is 61.8 Å². The highest BCUT2D eigenvalue weighted by Crippen LogP contribution is 2.34. The standard InChI is InChI=1S/C29H38ClN5O5Si/c1-5-31-27(37)16-25-29-34-33-19(2)35(29)26-12-11-23(40-18-22(36)17-39-13-6-14-41(3,4)38)15-24(26)28(32-25)20-7-9-21(30)10-8-20/h7-12,15,22,25,36,38H,5-6,13-14,16-18H2,1-4H3,(H,31,37)/t22?,25-/m0/s1. The Hall–Kier alpha value is -3.09. The van der Waals surface area contributed by atoms with Crippen LogP contribution in [0.2, 0.25) is 24.2 Å². The topological polar surface area (TPSA) is 131 Å². The van der Waals surface area contributed by atoms with E-state index in [0.29, 0.717) is 41.3 Å². The molecule has 0 bridgehead atoms. The van der Waals surface area contributed by atoms with E-state index >= 15 is 0 Å². The Kier molecular flexibility index (Phi) is 10.3. The van der Waals surface area contributed by atoms with Crippen LogP contribution in [0.3, 0.4) is 0 Å². The van der Waals surface area contributed by atoms with E-state index in [9.17, 15) is 14.7 Å². The average Bonchev–Trinajstić information content (AvgIpc) is 3.24. The monoisotopic (exact) mass is 599 g/mol. The van der Waals surface area contributed by atoms with Crippen molar-refractivity contribution < 1.29 is 24.2 Å². The van der Waals surface area contributed by atoms with Gasteiger partial charge in [0, 0.05) is 29.3 Å². The fourth-order valence-corrected chi connectivity index (χ4v) is 5.79. The van der Waals surface area contributed by atoms with Crippen molar-refractivity contribution in [2.24, 2.45) is 4.99 Å². The van der Waals surface area contributed by atoms with Crippen LogP contribution in [0.5, 0.6) is 5.75 Å². The third kappa shape index (κ3) is 8.23. The van der Waals surface area contributed by atoms with Gasteiger partial charge >= 0.3 is 0 Å². The molecular weight excluding hydrogens is 562 g/mol. The summed E-state index contributed by atoms with van der Waals surface area (Å²) in [5.41, 5.74) is 3.07. The normalized spacial score (nSPS) is 15.4. The summed E-state index contributed by atoms with van der Waals surface area (Å²) >= 11 is 6.18. The SMILES string of the molecule is CCNC(=O)C[C@@H]1N=C(c2ccc(Cl)cc2)c2cc(OCC(O)COCCC[Si](C)(C)O)ccc2-n2c(C)nnc21. The van der Waals surface area contributed by atoms with Gasteiger partial charge in [-0.3, -0.25) is 14.4 Å². The van der Waals surface area contributed by atoms with Crippen LogP contribution >= 0.6 is 11.6 Å². The van der Waals surface area contributed by atoms with Gasteiger partial charge in [0.25, 0.3) is 0 Å². The number of aliphatic hydroxyl groups excluding tert-OH is 1. The van der Waals surface area contributed by atoms with Crippen LogP contribution < -0.4 is 10.1 Å². The summed E-state index contributed by atoms with van der Waals surface area (Å²) in [7, 11) is -2.09. The number of ether oxygens (including phenoxy) is 2. The van der Waals surface area contributed by atoms with Crippen molar-refractivity contribution in [1.82, 2.24) is 20.1 Å². The second-order valence-electron chi connectivity index (χ2n) is 10.7. The van der Waals surface area contributed by atoms with E-state index in [4.69, 9.17) is 26.1 Å². The highest BCUT2D eigenvalue weighted by atomic mass is 35.5. The molecule has 1 unspecified atom stereocenters. The number of nitrogens with one attached hydrogen (secondary N) is 1. The molecule has 0 saturated carbocycles. The summed E-state index contributed by atoms with van der Waals surface area (Å²) in [6.07, 6.45) is 0.0580. The van der Waals surface area contributed by atoms with Gasteiger partial charge in [0.05, 0.1) is 24.4 Å². The second kappa shape index (κ2) is 13.7. The molecule has 0 aliphatic carbocycles. The van der Waals surface area contributed by atoms with Crippen molar-refractivity contribution in [3.8, 4) is 11.4 Å². The molecule has 1 aliphatic rings. The van der Waals surface area contributed by atoms with Gasteiger partial charge in [-0.25, -0.2) is 0 Å². The van der Waals surface area contributed by atoms with Crippen LogP contribution in [0, 0.1) is 6.92 Å². The molecule has 220 valence electrons. The first-order chi connectivity index (χ1) is 19.6. The van der Waals surface area contributed by atoms with Gasteiger partial charge < -0.3 is 24.7 Å². The number of hydrogen-bond donors (Lipinski definition) is 3. The fraction of sp³-hybridized carbons (Fsp3) is 0.448. The van der Waals surface area contributed by atoms with Crippen LogP contribution in [0.15, 0.2) is 47.5 Å². The molecule has 41 heavy (non-hydrogen) atoms. The first kappa shape index (κ1) is 30.9. The Morgan fingerprint density at radius 2 is 1.93 bits per heavy atom. The smallest absolute Gasteiger partial charge is 0.222 e. The van der Waals surface area contributed by atoms with Gasteiger partial charge in [0.2, 0.25) is 5.91 Å². The van der Waals surface area contributed by atoms with Gasteiger partial charge in [0.15, 0.2) is 14.1 Å². The minimum atomic E-state index is -2.09. The van der Waals surface area contributed by atoms with Crippen molar-refractivity contribution in [1.29, 1.82) is 0 Å². The van der Waals surface area contributed by atoms with E-state index in [1.54, 1.807) is 12.1 Å². The number of carbonyl (C=O) groups excluding carboxylic acids is 1. The molecule has 0 radical (unpaired) electrons. The van der Waals surface area contributed by atoms with Gasteiger partial charge in [-0.05, 0) is 69.7 Å². The second-order valence-corrected chi connectivity index (χ2v) is 15.3. The molecule has 10 nitrogen and oxygen atoms in total. The first-order valence-corrected chi connectivity index (χ1v) is 17.4. The lowest BCUT2D eigenvalue weighted by atomic mass is 10.00. The number of hydrogen-bond acceptors (Lipinski definition) is 8. The molecule has 0 fully saturated rings. The van der Waals surface area contributed by atoms with Crippen molar-refractivity contribution in [3.63, 3.8) is 0 Å². The van der Waals surface area contributed by atoms with Crippen LogP contribution in [0.25, 0.3) is 5.69 Å². The third-order valence-electron chi connectivity index (χ3n) is 6.60. The summed E-state index contributed by atoms with van der Waals surface area (Å²) < 4.78 is 13.5. The maximum Gasteiger partial charge on any atom is 0.222 e. The molecule has 1 aliphatic heterocycles. The minimum Gasteiger partial charge on any atom is -0.491 e. The summed E-state index contributed by atoms with van der Waals surface area (Å²) in [5, 5.41) is 22.6. The highest BCUT2D eigenvalue weighted by molar-refractivity contribution is 6.69. The lowest BCUT2D eigenvalue weighted by molar-refractivity contribution is -0.121. The molecule has 12 heteroatoms. The predicted octanol–water partition coefficient (Wildman–Crippen LogP) is 3.99. The summed E-state index contributed by atoms with van der Waals surface area (Å²) in [6.45, 7) is 8.71. The number of aliphatic hydroxyl groups is 1. The van der Waals surface area contributed by atoms with E-state index in [2.05, 4.69) is 15.5 Å².